The van der Waals surface area contributed by atoms with E-state index in [9.17, 15) is 4.79 Å². The highest BCUT2D eigenvalue weighted by Gasteiger charge is 2.07. The first-order valence-corrected chi connectivity index (χ1v) is 7.94. The van der Waals surface area contributed by atoms with Crippen molar-refractivity contribution in [3.8, 4) is 5.75 Å². The van der Waals surface area contributed by atoms with E-state index in [1.165, 1.54) is 0 Å². The highest BCUT2D eigenvalue weighted by atomic mass is 127. The molecule has 0 aliphatic heterocycles. The van der Waals surface area contributed by atoms with E-state index < -0.39 is 0 Å². The quantitative estimate of drug-likeness (QED) is 0.772. The molecule has 0 radical (unpaired) electrons. The number of para-hydroxylation sites is 1. The number of carbonyl (C=O) groups excluding carboxylic acids is 1. The highest BCUT2D eigenvalue weighted by molar-refractivity contribution is 14.1. The lowest BCUT2D eigenvalue weighted by Crippen LogP contribution is -2.21. The van der Waals surface area contributed by atoms with Gasteiger partial charge in [-0.3, -0.25) is 4.79 Å². The highest BCUT2D eigenvalue weighted by Crippen LogP contribution is 2.19. The van der Waals surface area contributed by atoms with Gasteiger partial charge in [0.1, 0.15) is 5.75 Å². The molecule has 0 aromatic heterocycles. The van der Waals surface area contributed by atoms with Gasteiger partial charge in [0.25, 0.3) is 5.91 Å². The summed E-state index contributed by atoms with van der Waals surface area (Å²) in [5.41, 5.74) is 2.98. The number of ether oxygens (including phenoxy) is 1. The van der Waals surface area contributed by atoms with Crippen LogP contribution in [0.2, 0.25) is 0 Å². The Labute approximate surface area is 138 Å². The largest absolute Gasteiger partial charge is 0.483 e. The van der Waals surface area contributed by atoms with Crippen LogP contribution in [0.5, 0.6) is 5.75 Å². The Bertz CT molecular complexity index is 640. The Balaban J connectivity index is 1.96. The number of halogens is 1. The van der Waals surface area contributed by atoms with Crippen LogP contribution in [-0.4, -0.2) is 12.5 Å². The molecule has 0 unspecified atom stereocenters. The molecule has 110 valence electrons. The van der Waals surface area contributed by atoms with Crippen molar-refractivity contribution in [2.45, 2.75) is 20.3 Å². The van der Waals surface area contributed by atoms with E-state index in [0.29, 0.717) is 0 Å². The first kappa shape index (κ1) is 15.8. The second kappa shape index (κ2) is 7.45. The maximum atomic E-state index is 12.0. The summed E-state index contributed by atoms with van der Waals surface area (Å²) in [5.74, 6) is 0.625. The average Bonchev–Trinajstić information content (AvgIpc) is 2.48. The molecule has 1 amide bonds. The van der Waals surface area contributed by atoms with Gasteiger partial charge in [-0.1, -0.05) is 25.1 Å². The van der Waals surface area contributed by atoms with Crippen LogP contribution in [0.3, 0.4) is 0 Å². The Morgan fingerprint density at radius 2 is 2.00 bits per heavy atom. The number of amides is 1. The minimum atomic E-state index is -0.148. The summed E-state index contributed by atoms with van der Waals surface area (Å²) in [5, 5.41) is 2.88. The number of benzene rings is 2. The molecule has 0 saturated heterocycles. The molecule has 0 heterocycles. The molecule has 2 aromatic rings. The Kier molecular flexibility index (Phi) is 5.61. The zero-order chi connectivity index (χ0) is 15.2. The van der Waals surface area contributed by atoms with Gasteiger partial charge in [-0.25, -0.2) is 0 Å². The molecule has 0 spiro atoms. The lowest BCUT2D eigenvalue weighted by atomic mass is 10.1. The lowest BCUT2D eigenvalue weighted by molar-refractivity contribution is -0.118. The fourth-order valence-corrected chi connectivity index (χ4v) is 2.68. The lowest BCUT2D eigenvalue weighted by Gasteiger charge is -2.11. The molecule has 0 atom stereocenters. The zero-order valence-electron chi connectivity index (χ0n) is 12.2. The van der Waals surface area contributed by atoms with Gasteiger partial charge >= 0.3 is 0 Å². The van der Waals surface area contributed by atoms with E-state index in [2.05, 4.69) is 34.8 Å². The van der Waals surface area contributed by atoms with Crippen LogP contribution in [0.25, 0.3) is 0 Å². The molecule has 3 nitrogen and oxygen atoms in total. The second-order valence-electron chi connectivity index (χ2n) is 4.76. The molecule has 0 aliphatic carbocycles. The van der Waals surface area contributed by atoms with Crippen LogP contribution in [0.4, 0.5) is 5.69 Å². The molecule has 2 rings (SSSR count). The van der Waals surface area contributed by atoms with Crippen molar-refractivity contribution in [2.24, 2.45) is 0 Å². The summed E-state index contributed by atoms with van der Waals surface area (Å²) < 4.78 is 6.76. The number of anilines is 1. The SMILES string of the molecule is CCc1ccccc1OCC(=O)Nc1ccc(I)cc1C. The summed E-state index contributed by atoms with van der Waals surface area (Å²) in [6.07, 6.45) is 0.883. The molecule has 1 N–H and O–H groups in total. The van der Waals surface area contributed by atoms with Gasteiger partial charge in [0.15, 0.2) is 6.61 Å². The van der Waals surface area contributed by atoms with Crippen molar-refractivity contribution in [3.63, 3.8) is 0 Å². The van der Waals surface area contributed by atoms with Crippen molar-refractivity contribution in [2.75, 3.05) is 11.9 Å². The van der Waals surface area contributed by atoms with Crippen LogP contribution < -0.4 is 10.1 Å². The number of hydrogen-bond acceptors (Lipinski definition) is 2. The topological polar surface area (TPSA) is 38.3 Å². The first-order valence-electron chi connectivity index (χ1n) is 6.87. The van der Waals surface area contributed by atoms with Crippen LogP contribution >= 0.6 is 22.6 Å². The van der Waals surface area contributed by atoms with E-state index in [1.54, 1.807) is 0 Å². The molecule has 0 aliphatic rings. The Hall–Kier alpha value is -1.56. The molecule has 0 bridgehead atoms. The average molecular weight is 395 g/mol. The van der Waals surface area contributed by atoms with E-state index in [-0.39, 0.29) is 12.5 Å². The molecular weight excluding hydrogens is 377 g/mol. The van der Waals surface area contributed by atoms with Crippen molar-refractivity contribution in [1.29, 1.82) is 0 Å². The number of carbonyl (C=O) groups is 1. The van der Waals surface area contributed by atoms with E-state index in [0.717, 1.165) is 32.6 Å². The van der Waals surface area contributed by atoms with Gasteiger partial charge in [-0.2, -0.15) is 0 Å². The number of nitrogens with one attached hydrogen (secondary N) is 1. The standard InChI is InChI=1S/C17H18INO2/c1-3-13-6-4-5-7-16(13)21-11-17(20)19-15-9-8-14(18)10-12(15)2/h4-10H,3,11H2,1-2H3,(H,19,20). The van der Waals surface area contributed by atoms with Crippen molar-refractivity contribution >= 4 is 34.2 Å². The molecule has 21 heavy (non-hydrogen) atoms. The Morgan fingerprint density at radius 3 is 2.71 bits per heavy atom. The van der Waals surface area contributed by atoms with Gasteiger partial charge in [-0.15, -0.1) is 0 Å². The van der Waals surface area contributed by atoms with Crippen LogP contribution in [0.15, 0.2) is 42.5 Å². The summed E-state index contributed by atoms with van der Waals surface area (Å²) in [4.78, 5) is 12.0. The van der Waals surface area contributed by atoms with Crippen LogP contribution in [-0.2, 0) is 11.2 Å². The van der Waals surface area contributed by atoms with Crippen molar-refractivity contribution in [3.05, 3.63) is 57.2 Å². The molecule has 2 aromatic carbocycles. The predicted octanol–water partition coefficient (Wildman–Crippen LogP) is 4.18. The van der Waals surface area contributed by atoms with Gasteiger partial charge in [-0.05, 0) is 71.3 Å². The Morgan fingerprint density at radius 1 is 1.24 bits per heavy atom. The summed E-state index contributed by atoms with van der Waals surface area (Å²) >= 11 is 2.25. The number of aryl methyl sites for hydroxylation is 2. The van der Waals surface area contributed by atoms with Gasteiger partial charge in [0.05, 0.1) is 0 Å². The minimum absolute atomic E-state index is 0.0163. The van der Waals surface area contributed by atoms with Gasteiger partial charge < -0.3 is 10.1 Å². The van der Waals surface area contributed by atoms with Gasteiger partial charge in [0.2, 0.25) is 0 Å². The molecular formula is C17H18INO2. The van der Waals surface area contributed by atoms with E-state index in [4.69, 9.17) is 4.74 Å². The van der Waals surface area contributed by atoms with Crippen LogP contribution in [0, 0.1) is 10.5 Å². The third-order valence-corrected chi connectivity index (χ3v) is 3.85. The maximum absolute atomic E-state index is 12.0. The smallest absolute Gasteiger partial charge is 0.262 e. The van der Waals surface area contributed by atoms with Gasteiger partial charge in [0, 0.05) is 9.26 Å². The van der Waals surface area contributed by atoms with E-state index >= 15 is 0 Å². The maximum Gasteiger partial charge on any atom is 0.262 e. The predicted molar refractivity (Wildman–Crippen MR) is 93.8 cm³/mol. The zero-order valence-corrected chi connectivity index (χ0v) is 14.3. The fourth-order valence-electron chi connectivity index (χ4n) is 2.03. The van der Waals surface area contributed by atoms with Crippen molar-refractivity contribution in [1.82, 2.24) is 0 Å². The summed E-state index contributed by atoms with van der Waals surface area (Å²) in [7, 11) is 0. The minimum Gasteiger partial charge on any atom is -0.483 e. The van der Waals surface area contributed by atoms with Crippen LogP contribution in [0.1, 0.15) is 18.1 Å². The first-order chi connectivity index (χ1) is 10.1. The fraction of sp³-hybridized carbons (Fsp3) is 0.235. The third kappa shape index (κ3) is 4.46. The second-order valence-corrected chi connectivity index (χ2v) is 6.00. The molecule has 4 heteroatoms. The summed E-state index contributed by atoms with van der Waals surface area (Å²) in [6.45, 7) is 4.06. The number of hydrogen-bond donors (Lipinski definition) is 1. The summed E-state index contributed by atoms with van der Waals surface area (Å²) in [6, 6.07) is 13.7. The molecule has 0 saturated carbocycles. The number of rotatable bonds is 5. The monoisotopic (exact) mass is 395 g/mol. The van der Waals surface area contributed by atoms with E-state index in [1.807, 2.05) is 49.4 Å². The third-order valence-electron chi connectivity index (χ3n) is 3.17. The normalized spacial score (nSPS) is 10.2. The molecule has 0 fully saturated rings. The van der Waals surface area contributed by atoms with Crippen molar-refractivity contribution < 1.29 is 9.53 Å².